The number of carbonyl (C=O) groups excluding carboxylic acids is 3. The fraction of sp³-hybridized carbons (Fsp3) is 0.400. The number of esters is 1. The summed E-state index contributed by atoms with van der Waals surface area (Å²) >= 11 is 0. The molecule has 112 valence electrons. The van der Waals surface area contributed by atoms with Crippen molar-refractivity contribution in [2.24, 2.45) is 5.92 Å². The topological polar surface area (TPSA) is 63.7 Å². The Kier molecular flexibility index (Phi) is 4.67. The molecular formula is C15H16FNO4. The van der Waals surface area contributed by atoms with Gasteiger partial charge in [0.1, 0.15) is 11.7 Å². The van der Waals surface area contributed by atoms with Crippen molar-refractivity contribution in [3.05, 3.63) is 35.6 Å². The minimum absolute atomic E-state index is 0.00781. The second-order valence-corrected chi connectivity index (χ2v) is 4.78. The van der Waals surface area contributed by atoms with Gasteiger partial charge in [-0.05, 0) is 31.2 Å². The maximum Gasteiger partial charge on any atom is 0.318 e. The van der Waals surface area contributed by atoms with Crippen LogP contribution in [0.15, 0.2) is 24.3 Å². The molecule has 0 spiro atoms. The third-order valence-corrected chi connectivity index (χ3v) is 3.37. The number of amides is 1. The molecule has 0 aromatic heterocycles. The van der Waals surface area contributed by atoms with Gasteiger partial charge >= 0.3 is 5.97 Å². The highest BCUT2D eigenvalue weighted by molar-refractivity contribution is 6.02. The van der Waals surface area contributed by atoms with E-state index < -0.39 is 17.7 Å². The summed E-state index contributed by atoms with van der Waals surface area (Å²) in [5.41, 5.74) is 0.327. The van der Waals surface area contributed by atoms with Gasteiger partial charge in [-0.25, -0.2) is 4.39 Å². The lowest BCUT2D eigenvalue weighted by Gasteiger charge is -2.30. The number of hydrogen-bond donors (Lipinski definition) is 0. The summed E-state index contributed by atoms with van der Waals surface area (Å²) in [4.78, 5) is 37.2. The normalized spacial score (nSPS) is 18.5. The quantitative estimate of drug-likeness (QED) is 0.624. The van der Waals surface area contributed by atoms with Crippen molar-refractivity contribution in [1.82, 2.24) is 4.90 Å². The molecule has 1 aromatic carbocycles. The SMILES string of the molecule is CCOC(=O)C1CN(C(=O)c2ccc(F)cc2)CCC1=O. The van der Waals surface area contributed by atoms with E-state index >= 15 is 0 Å². The Labute approximate surface area is 121 Å². The zero-order valence-electron chi connectivity index (χ0n) is 11.7. The fourth-order valence-electron chi connectivity index (χ4n) is 2.24. The van der Waals surface area contributed by atoms with Gasteiger partial charge in [0.05, 0.1) is 6.61 Å². The molecule has 0 saturated carbocycles. The molecule has 1 aliphatic heterocycles. The van der Waals surface area contributed by atoms with E-state index in [4.69, 9.17) is 4.74 Å². The summed E-state index contributed by atoms with van der Waals surface area (Å²) in [7, 11) is 0. The third-order valence-electron chi connectivity index (χ3n) is 3.37. The van der Waals surface area contributed by atoms with Crippen LogP contribution in [-0.4, -0.2) is 42.3 Å². The highest BCUT2D eigenvalue weighted by Gasteiger charge is 2.35. The highest BCUT2D eigenvalue weighted by atomic mass is 19.1. The average molecular weight is 293 g/mol. The largest absolute Gasteiger partial charge is 0.465 e. The van der Waals surface area contributed by atoms with Crippen LogP contribution in [-0.2, 0) is 14.3 Å². The first-order valence-corrected chi connectivity index (χ1v) is 6.77. The Morgan fingerprint density at radius 2 is 2.00 bits per heavy atom. The molecule has 21 heavy (non-hydrogen) atoms. The minimum Gasteiger partial charge on any atom is -0.465 e. The second kappa shape index (κ2) is 6.47. The number of ether oxygens (including phenoxy) is 1. The first kappa shape index (κ1) is 15.2. The summed E-state index contributed by atoms with van der Waals surface area (Å²) in [6.45, 7) is 2.11. The van der Waals surface area contributed by atoms with Crippen LogP contribution >= 0.6 is 0 Å². The third kappa shape index (κ3) is 3.45. The molecule has 1 aliphatic rings. The average Bonchev–Trinajstić information content (AvgIpc) is 2.48. The van der Waals surface area contributed by atoms with Gasteiger partial charge in [-0.2, -0.15) is 0 Å². The van der Waals surface area contributed by atoms with Gasteiger partial charge in [-0.15, -0.1) is 0 Å². The van der Waals surface area contributed by atoms with Crippen molar-refractivity contribution >= 4 is 17.7 Å². The molecule has 1 fully saturated rings. The van der Waals surface area contributed by atoms with Crippen molar-refractivity contribution in [3.8, 4) is 0 Å². The van der Waals surface area contributed by atoms with Gasteiger partial charge in [-0.1, -0.05) is 0 Å². The van der Waals surface area contributed by atoms with E-state index in [1.807, 2.05) is 0 Å². The van der Waals surface area contributed by atoms with Crippen LogP contribution in [0.25, 0.3) is 0 Å². The molecule has 1 atom stereocenters. The number of piperidine rings is 1. The van der Waals surface area contributed by atoms with Crippen LogP contribution in [0, 0.1) is 11.7 Å². The van der Waals surface area contributed by atoms with E-state index in [1.165, 1.54) is 29.2 Å². The number of likely N-dealkylation sites (tertiary alicyclic amines) is 1. The number of nitrogens with zero attached hydrogens (tertiary/aromatic N) is 1. The summed E-state index contributed by atoms with van der Waals surface area (Å²) in [6, 6.07) is 5.16. The number of halogens is 1. The summed E-state index contributed by atoms with van der Waals surface area (Å²) in [5, 5.41) is 0. The van der Waals surface area contributed by atoms with Crippen molar-refractivity contribution < 1.29 is 23.5 Å². The number of benzene rings is 1. The molecule has 1 aromatic rings. The van der Waals surface area contributed by atoms with Crippen molar-refractivity contribution in [2.75, 3.05) is 19.7 Å². The van der Waals surface area contributed by atoms with E-state index in [2.05, 4.69) is 0 Å². The van der Waals surface area contributed by atoms with Crippen LogP contribution in [0.5, 0.6) is 0 Å². The number of rotatable bonds is 3. The molecule has 1 heterocycles. The van der Waals surface area contributed by atoms with Gasteiger partial charge in [0.15, 0.2) is 5.78 Å². The fourth-order valence-corrected chi connectivity index (χ4v) is 2.24. The molecule has 0 bridgehead atoms. The zero-order valence-corrected chi connectivity index (χ0v) is 11.7. The minimum atomic E-state index is -0.928. The molecule has 2 rings (SSSR count). The van der Waals surface area contributed by atoms with Gasteiger partial charge in [0, 0.05) is 25.1 Å². The molecule has 1 saturated heterocycles. The van der Waals surface area contributed by atoms with Crippen LogP contribution in [0.4, 0.5) is 4.39 Å². The molecule has 5 nitrogen and oxygen atoms in total. The van der Waals surface area contributed by atoms with Gasteiger partial charge in [-0.3, -0.25) is 14.4 Å². The lowest BCUT2D eigenvalue weighted by atomic mass is 9.96. The summed E-state index contributed by atoms with van der Waals surface area (Å²) < 4.78 is 17.7. The maximum absolute atomic E-state index is 12.9. The predicted octanol–water partition coefficient (Wildman–Crippen LogP) is 1.42. The van der Waals surface area contributed by atoms with Gasteiger partial charge in [0.25, 0.3) is 5.91 Å². The number of carbonyl (C=O) groups is 3. The first-order chi connectivity index (χ1) is 10.0. The Morgan fingerprint density at radius 1 is 1.33 bits per heavy atom. The van der Waals surface area contributed by atoms with Crippen molar-refractivity contribution in [2.45, 2.75) is 13.3 Å². The maximum atomic E-state index is 12.9. The number of hydrogen-bond acceptors (Lipinski definition) is 4. The van der Waals surface area contributed by atoms with Crippen LogP contribution in [0.2, 0.25) is 0 Å². The summed E-state index contributed by atoms with van der Waals surface area (Å²) in [6.07, 6.45) is 0.121. The van der Waals surface area contributed by atoms with Crippen LogP contribution in [0.1, 0.15) is 23.7 Å². The van der Waals surface area contributed by atoms with Crippen LogP contribution < -0.4 is 0 Å². The van der Waals surface area contributed by atoms with Gasteiger partial charge in [0.2, 0.25) is 0 Å². The van der Waals surface area contributed by atoms with E-state index in [0.29, 0.717) is 5.56 Å². The highest BCUT2D eigenvalue weighted by Crippen LogP contribution is 2.17. The lowest BCUT2D eigenvalue weighted by Crippen LogP contribution is -2.47. The van der Waals surface area contributed by atoms with E-state index in [1.54, 1.807) is 6.92 Å². The lowest BCUT2D eigenvalue weighted by molar-refractivity contribution is -0.153. The van der Waals surface area contributed by atoms with Gasteiger partial charge < -0.3 is 9.64 Å². The predicted molar refractivity (Wildman–Crippen MR) is 72.1 cm³/mol. The van der Waals surface area contributed by atoms with Crippen molar-refractivity contribution in [1.29, 1.82) is 0 Å². The number of Topliss-reactive ketones (excluding diaryl/α,β-unsaturated/α-hetero) is 1. The molecule has 0 aliphatic carbocycles. The zero-order chi connectivity index (χ0) is 15.4. The standard InChI is InChI=1S/C15H16FNO4/c1-2-21-15(20)12-9-17(8-7-13(12)18)14(19)10-3-5-11(16)6-4-10/h3-6,12H,2,7-9H2,1H3. The van der Waals surface area contributed by atoms with E-state index in [0.717, 1.165) is 0 Å². The number of ketones is 1. The van der Waals surface area contributed by atoms with E-state index in [-0.39, 0.29) is 37.8 Å². The Balaban J connectivity index is 2.10. The molecule has 1 unspecified atom stereocenters. The second-order valence-electron chi connectivity index (χ2n) is 4.78. The van der Waals surface area contributed by atoms with Crippen molar-refractivity contribution in [3.63, 3.8) is 0 Å². The smallest absolute Gasteiger partial charge is 0.318 e. The van der Waals surface area contributed by atoms with Crippen LogP contribution in [0.3, 0.4) is 0 Å². The molecular weight excluding hydrogens is 277 g/mol. The Bertz CT molecular complexity index is 555. The first-order valence-electron chi connectivity index (χ1n) is 6.77. The molecule has 1 amide bonds. The molecule has 0 radical (unpaired) electrons. The Morgan fingerprint density at radius 3 is 2.62 bits per heavy atom. The molecule has 0 N–H and O–H groups in total. The monoisotopic (exact) mass is 293 g/mol. The van der Waals surface area contributed by atoms with E-state index in [9.17, 15) is 18.8 Å². The summed E-state index contributed by atoms with van der Waals surface area (Å²) in [5.74, 6) is -2.49. The Hall–Kier alpha value is -2.24. The molecule has 6 heteroatoms.